The standard InChI is InChI=1S/C16H29N3O/c17-15(18)7-11-19(13-4-5-13)12-14-6-10-16(20-14)8-2-1-3-9-16/h13-14H,1-12H2,(H3,17,18). The summed E-state index contributed by atoms with van der Waals surface area (Å²) in [7, 11) is 0. The topological polar surface area (TPSA) is 62.3 Å². The Hall–Kier alpha value is -0.610. The first-order chi connectivity index (χ1) is 9.67. The fourth-order valence-electron chi connectivity index (χ4n) is 3.98. The lowest BCUT2D eigenvalue weighted by atomic mass is 9.83. The van der Waals surface area contributed by atoms with E-state index in [1.54, 1.807) is 0 Å². The van der Waals surface area contributed by atoms with Gasteiger partial charge in [0.2, 0.25) is 0 Å². The van der Waals surface area contributed by atoms with Crippen molar-refractivity contribution in [3.63, 3.8) is 0 Å². The van der Waals surface area contributed by atoms with E-state index in [2.05, 4.69) is 4.90 Å². The van der Waals surface area contributed by atoms with Crippen LogP contribution in [0.3, 0.4) is 0 Å². The van der Waals surface area contributed by atoms with E-state index in [4.69, 9.17) is 15.9 Å². The Morgan fingerprint density at radius 2 is 1.90 bits per heavy atom. The van der Waals surface area contributed by atoms with Gasteiger partial charge in [0.25, 0.3) is 0 Å². The molecule has 4 heteroatoms. The van der Waals surface area contributed by atoms with Gasteiger partial charge in [0.1, 0.15) is 0 Å². The number of nitrogens with zero attached hydrogens (tertiary/aromatic N) is 1. The van der Waals surface area contributed by atoms with Gasteiger partial charge in [-0.15, -0.1) is 0 Å². The van der Waals surface area contributed by atoms with E-state index in [-0.39, 0.29) is 5.60 Å². The summed E-state index contributed by atoms with van der Waals surface area (Å²) in [6.07, 6.45) is 12.9. The molecule has 0 aromatic carbocycles. The van der Waals surface area contributed by atoms with E-state index in [1.165, 1.54) is 57.8 Å². The fraction of sp³-hybridized carbons (Fsp3) is 0.938. The third-order valence-electron chi connectivity index (χ3n) is 5.27. The molecule has 1 saturated heterocycles. The van der Waals surface area contributed by atoms with E-state index >= 15 is 0 Å². The van der Waals surface area contributed by atoms with Gasteiger partial charge in [-0.2, -0.15) is 0 Å². The summed E-state index contributed by atoms with van der Waals surface area (Å²) >= 11 is 0. The zero-order chi connectivity index (χ0) is 14.0. The highest BCUT2D eigenvalue weighted by molar-refractivity contribution is 5.76. The minimum absolute atomic E-state index is 0.235. The zero-order valence-corrected chi connectivity index (χ0v) is 12.6. The second-order valence-electron chi connectivity index (χ2n) is 7.02. The van der Waals surface area contributed by atoms with Crippen LogP contribution in [0.15, 0.2) is 0 Å². The highest BCUT2D eigenvalue weighted by atomic mass is 16.5. The van der Waals surface area contributed by atoms with Gasteiger partial charge in [0, 0.05) is 25.6 Å². The Balaban J connectivity index is 1.50. The normalized spacial score (nSPS) is 29.1. The van der Waals surface area contributed by atoms with Gasteiger partial charge in [0.05, 0.1) is 17.5 Å². The van der Waals surface area contributed by atoms with E-state index in [1.807, 2.05) is 0 Å². The highest BCUT2D eigenvalue weighted by Gasteiger charge is 2.42. The molecule has 0 bridgehead atoms. The minimum Gasteiger partial charge on any atom is -0.388 e. The van der Waals surface area contributed by atoms with E-state index < -0.39 is 0 Å². The van der Waals surface area contributed by atoms with Crippen molar-refractivity contribution in [2.24, 2.45) is 5.73 Å². The summed E-state index contributed by atoms with van der Waals surface area (Å²) in [5.74, 6) is 0.312. The molecule has 20 heavy (non-hydrogen) atoms. The van der Waals surface area contributed by atoms with Crippen LogP contribution in [-0.2, 0) is 4.74 Å². The SMILES string of the molecule is N=C(N)CCN(CC1CCC2(CCCCC2)O1)C1CC1. The summed E-state index contributed by atoms with van der Waals surface area (Å²) in [5.41, 5.74) is 5.74. The molecule has 3 aliphatic rings. The lowest BCUT2D eigenvalue weighted by Gasteiger charge is -2.34. The van der Waals surface area contributed by atoms with Crippen LogP contribution in [0.5, 0.6) is 0 Å². The van der Waals surface area contributed by atoms with Crippen molar-refractivity contribution in [2.75, 3.05) is 13.1 Å². The lowest BCUT2D eigenvalue weighted by Crippen LogP contribution is -2.38. The summed E-state index contributed by atoms with van der Waals surface area (Å²) in [5, 5.41) is 7.41. The Morgan fingerprint density at radius 1 is 1.15 bits per heavy atom. The third-order valence-corrected chi connectivity index (χ3v) is 5.27. The molecule has 1 unspecified atom stereocenters. The molecule has 3 rings (SSSR count). The highest BCUT2D eigenvalue weighted by Crippen LogP contribution is 2.42. The van der Waals surface area contributed by atoms with Crippen LogP contribution >= 0.6 is 0 Å². The van der Waals surface area contributed by atoms with Crippen LogP contribution in [0, 0.1) is 5.41 Å². The van der Waals surface area contributed by atoms with Crippen molar-refractivity contribution < 1.29 is 4.74 Å². The average molecular weight is 279 g/mol. The molecule has 1 heterocycles. The molecular weight excluding hydrogens is 250 g/mol. The monoisotopic (exact) mass is 279 g/mol. The average Bonchev–Trinajstić information content (AvgIpc) is 3.20. The van der Waals surface area contributed by atoms with Gasteiger partial charge in [-0.05, 0) is 38.5 Å². The number of rotatable bonds is 6. The predicted molar refractivity (Wildman–Crippen MR) is 81.0 cm³/mol. The first-order valence-electron chi connectivity index (χ1n) is 8.42. The van der Waals surface area contributed by atoms with Gasteiger partial charge < -0.3 is 10.5 Å². The zero-order valence-electron chi connectivity index (χ0n) is 12.6. The lowest BCUT2D eigenvalue weighted by molar-refractivity contribution is -0.0722. The minimum atomic E-state index is 0.235. The molecule has 114 valence electrons. The van der Waals surface area contributed by atoms with Gasteiger partial charge >= 0.3 is 0 Å². The van der Waals surface area contributed by atoms with Crippen molar-refractivity contribution in [1.82, 2.24) is 4.90 Å². The molecule has 1 spiro atoms. The van der Waals surface area contributed by atoms with Crippen molar-refractivity contribution in [2.45, 2.75) is 82.0 Å². The van der Waals surface area contributed by atoms with E-state index in [9.17, 15) is 0 Å². The van der Waals surface area contributed by atoms with E-state index in [0.717, 1.165) is 19.1 Å². The van der Waals surface area contributed by atoms with Crippen molar-refractivity contribution in [3.8, 4) is 0 Å². The van der Waals surface area contributed by atoms with Crippen molar-refractivity contribution >= 4 is 5.84 Å². The van der Waals surface area contributed by atoms with Gasteiger partial charge in [-0.25, -0.2) is 0 Å². The molecule has 0 radical (unpaired) electrons. The molecule has 2 aliphatic carbocycles. The second-order valence-corrected chi connectivity index (χ2v) is 7.02. The largest absolute Gasteiger partial charge is 0.388 e. The number of amidine groups is 1. The van der Waals surface area contributed by atoms with Crippen LogP contribution < -0.4 is 5.73 Å². The van der Waals surface area contributed by atoms with Crippen molar-refractivity contribution in [1.29, 1.82) is 5.41 Å². The van der Waals surface area contributed by atoms with E-state index in [0.29, 0.717) is 18.4 Å². The van der Waals surface area contributed by atoms with Crippen LogP contribution in [0.4, 0.5) is 0 Å². The van der Waals surface area contributed by atoms with Gasteiger partial charge in [-0.3, -0.25) is 10.3 Å². The molecule has 1 atom stereocenters. The maximum Gasteiger partial charge on any atom is 0.0918 e. The summed E-state index contributed by atoms with van der Waals surface area (Å²) in [6, 6.07) is 0.737. The molecular formula is C16H29N3O. The number of hydrogen-bond acceptors (Lipinski definition) is 3. The smallest absolute Gasteiger partial charge is 0.0918 e. The Morgan fingerprint density at radius 3 is 2.55 bits per heavy atom. The van der Waals surface area contributed by atoms with Crippen LogP contribution in [0.2, 0.25) is 0 Å². The number of nitrogens with two attached hydrogens (primary N) is 1. The van der Waals surface area contributed by atoms with Gasteiger partial charge in [0.15, 0.2) is 0 Å². The third kappa shape index (κ3) is 3.53. The Labute approximate surface area is 122 Å². The maximum absolute atomic E-state index is 7.41. The molecule has 0 aromatic rings. The quantitative estimate of drug-likeness (QED) is 0.580. The Kier molecular flexibility index (Phi) is 4.32. The van der Waals surface area contributed by atoms with Gasteiger partial charge in [-0.1, -0.05) is 19.3 Å². The summed E-state index contributed by atoms with van der Waals surface area (Å²) in [4.78, 5) is 2.52. The molecule has 1 aliphatic heterocycles. The number of nitrogens with one attached hydrogen (secondary N) is 1. The predicted octanol–water partition coefficient (Wildman–Crippen LogP) is 2.66. The molecule has 4 nitrogen and oxygen atoms in total. The van der Waals surface area contributed by atoms with Crippen LogP contribution in [-0.4, -0.2) is 41.6 Å². The second kappa shape index (κ2) is 6.02. The Bertz CT molecular complexity index is 348. The van der Waals surface area contributed by atoms with Crippen LogP contribution in [0.25, 0.3) is 0 Å². The maximum atomic E-state index is 7.41. The first kappa shape index (κ1) is 14.3. The molecule has 3 N–H and O–H groups in total. The molecule has 2 saturated carbocycles. The van der Waals surface area contributed by atoms with Crippen molar-refractivity contribution in [3.05, 3.63) is 0 Å². The molecule has 0 aromatic heterocycles. The molecule has 0 amide bonds. The molecule has 3 fully saturated rings. The first-order valence-corrected chi connectivity index (χ1v) is 8.42. The summed E-state index contributed by atoms with van der Waals surface area (Å²) in [6.45, 7) is 1.99. The summed E-state index contributed by atoms with van der Waals surface area (Å²) < 4.78 is 6.48. The van der Waals surface area contributed by atoms with Crippen LogP contribution in [0.1, 0.15) is 64.2 Å². The number of ether oxygens (including phenoxy) is 1. The fourth-order valence-corrected chi connectivity index (χ4v) is 3.98. The number of hydrogen-bond donors (Lipinski definition) is 2.